The quantitative estimate of drug-likeness (QED) is 0.803. The van der Waals surface area contributed by atoms with E-state index in [1.165, 1.54) is 35.5 Å². The summed E-state index contributed by atoms with van der Waals surface area (Å²) in [7, 11) is 0. The van der Waals surface area contributed by atoms with Crippen LogP contribution in [0.4, 0.5) is 0 Å². The van der Waals surface area contributed by atoms with E-state index in [4.69, 9.17) is 11.6 Å². The van der Waals surface area contributed by atoms with Crippen LogP contribution in [0.25, 0.3) is 0 Å². The molecule has 0 spiro atoms. The van der Waals surface area contributed by atoms with E-state index in [0.29, 0.717) is 17.1 Å². The van der Waals surface area contributed by atoms with Crippen molar-refractivity contribution >= 4 is 17.3 Å². The third-order valence-electron chi connectivity index (χ3n) is 4.73. The zero-order chi connectivity index (χ0) is 14.9. The molecule has 3 heterocycles. The van der Waals surface area contributed by atoms with Crippen LogP contribution in [0.5, 0.6) is 0 Å². The van der Waals surface area contributed by atoms with Crippen LogP contribution >= 0.6 is 11.6 Å². The number of halogens is 1. The van der Waals surface area contributed by atoms with Crippen molar-refractivity contribution in [3.05, 3.63) is 46.4 Å². The molecule has 0 radical (unpaired) electrons. The van der Waals surface area contributed by atoms with E-state index in [2.05, 4.69) is 38.8 Å². The second kappa shape index (κ2) is 5.94. The number of aromatic amines is 1. The summed E-state index contributed by atoms with van der Waals surface area (Å²) in [6.45, 7) is 3.00. The molecule has 1 aromatic heterocycles. The minimum Gasteiger partial charge on any atom is -0.381 e. The van der Waals surface area contributed by atoms with Gasteiger partial charge in [0, 0.05) is 17.7 Å². The monoisotopic (exact) mass is 316 g/mol. The van der Waals surface area contributed by atoms with E-state index >= 15 is 0 Å². The van der Waals surface area contributed by atoms with Crippen molar-refractivity contribution in [2.24, 2.45) is 4.99 Å². The normalized spacial score (nSPS) is 25.3. The second-order valence-electron chi connectivity index (χ2n) is 6.24. The van der Waals surface area contributed by atoms with Crippen molar-refractivity contribution in [2.75, 3.05) is 19.6 Å². The molecule has 0 saturated carbocycles. The summed E-state index contributed by atoms with van der Waals surface area (Å²) in [5.74, 6) is 0.347. The Morgan fingerprint density at radius 1 is 1.23 bits per heavy atom. The summed E-state index contributed by atoms with van der Waals surface area (Å²) in [5, 5.41) is 7.86. The van der Waals surface area contributed by atoms with E-state index < -0.39 is 0 Å². The minimum absolute atomic E-state index is 0.347. The van der Waals surface area contributed by atoms with Gasteiger partial charge in [-0.05, 0) is 56.1 Å². The van der Waals surface area contributed by atoms with Crippen molar-refractivity contribution < 1.29 is 0 Å². The summed E-state index contributed by atoms with van der Waals surface area (Å²) in [6.07, 6.45) is 7.92. The highest BCUT2D eigenvalue weighted by atomic mass is 35.5. The van der Waals surface area contributed by atoms with Crippen LogP contribution in [0.3, 0.4) is 0 Å². The van der Waals surface area contributed by atoms with Gasteiger partial charge in [0.05, 0.1) is 18.0 Å². The Labute approximate surface area is 135 Å². The Bertz CT molecular complexity index is 649. The number of allylic oxidation sites excluding steroid dienone is 2. The predicted molar refractivity (Wildman–Crippen MR) is 90.7 cm³/mol. The Kier molecular flexibility index (Phi) is 3.80. The molecule has 1 aliphatic carbocycles. The molecule has 116 valence electrons. The van der Waals surface area contributed by atoms with Crippen molar-refractivity contribution in [1.29, 1.82) is 0 Å². The summed E-state index contributed by atoms with van der Waals surface area (Å²) < 4.78 is 0. The van der Waals surface area contributed by atoms with E-state index in [-0.39, 0.29) is 0 Å². The third-order valence-corrected chi connectivity index (χ3v) is 4.95. The maximum Gasteiger partial charge on any atom is 0.106 e. The molecule has 1 fully saturated rings. The van der Waals surface area contributed by atoms with Crippen LogP contribution in [-0.2, 0) is 0 Å². The molecule has 0 bridgehead atoms. The van der Waals surface area contributed by atoms with E-state index in [0.717, 1.165) is 26.1 Å². The van der Waals surface area contributed by atoms with Crippen LogP contribution in [0.1, 0.15) is 30.9 Å². The molecule has 4 nitrogen and oxygen atoms in total. The number of piperidine rings is 1. The van der Waals surface area contributed by atoms with Crippen LogP contribution in [0.2, 0.25) is 5.15 Å². The van der Waals surface area contributed by atoms with Gasteiger partial charge in [-0.15, -0.1) is 0 Å². The lowest BCUT2D eigenvalue weighted by atomic mass is 9.86. The van der Waals surface area contributed by atoms with Crippen LogP contribution in [-0.4, -0.2) is 36.4 Å². The van der Waals surface area contributed by atoms with Gasteiger partial charge < -0.3 is 15.6 Å². The van der Waals surface area contributed by atoms with Gasteiger partial charge in [0.25, 0.3) is 0 Å². The molecule has 2 aliphatic heterocycles. The molecule has 22 heavy (non-hydrogen) atoms. The zero-order valence-corrected chi connectivity index (χ0v) is 13.3. The van der Waals surface area contributed by atoms with Crippen molar-refractivity contribution in [2.45, 2.75) is 31.2 Å². The fraction of sp³-hybridized carbons (Fsp3) is 0.471. The molecule has 1 aromatic rings. The molecule has 1 atom stereocenters. The minimum atomic E-state index is 0.347. The molecule has 0 aromatic carbocycles. The standard InChI is InChI=1S/C17H21ClN4/c18-16-2-1-14(22-16)12-9-11-3-8-20-17(11)15(10-12)21-13-4-6-19-7-5-13/h1-3,10,12-13,19,21-22H,4-9H2. The van der Waals surface area contributed by atoms with Crippen LogP contribution in [0, 0.1) is 0 Å². The zero-order valence-electron chi connectivity index (χ0n) is 12.5. The largest absolute Gasteiger partial charge is 0.381 e. The molecule has 0 amide bonds. The van der Waals surface area contributed by atoms with Crippen molar-refractivity contribution in [3.8, 4) is 0 Å². The van der Waals surface area contributed by atoms with Gasteiger partial charge in [-0.25, -0.2) is 0 Å². The molecule has 4 rings (SSSR count). The molecule has 5 heteroatoms. The first kappa shape index (κ1) is 14.1. The fourth-order valence-corrected chi connectivity index (χ4v) is 3.73. The van der Waals surface area contributed by atoms with E-state index in [1.54, 1.807) is 0 Å². The number of fused-ring (bicyclic) bond motifs is 1. The summed E-state index contributed by atoms with van der Waals surface area (Å²) in [6, 6.07) is 4.56. The Hall–Kier alpha value is -1.52. The lowest BCUT2D eigenvalue weighted by molar-refractivity contribution is 0.415. The maximum absolute atomic E-state index is 6.05. The summed E-state index contributed by atoms with van der Waals surface area (Å²) in [5.41, 5.74) is 4.93. The number of rotatable bonds is 3. The summed E-state index contributed by atoms with van der Waals surface area (Å²) in [4.78, 5) is 7.95. The summed E-state index contributed by atoms with van der Waals surface area (Å²) >= 11 is 6.05. The Balaban J connectivity index is 1.60. The van der Waals surface area contributed by atoms with E-state index in [1.807, 2.05) is 6.07 Å². The number of aliphatic imine (C=N–C) groups is 1. The number of hydrogen-bond donors (Lipinski definition) is 3. The van der Waals surface area contributed by atoms with Crippen LogP contribution < -0.4 is 10.6 Å². The third kappa shape index (κ3) is 2.73. The first-order valence-corrected chi connectivity index (χ1v) is 8.45. The Morgan fingerprint density at radius 2 is 2.09 bits per heavy atom. The molecule has 1 unspecified atom stereocenters. The molecular formula is C17H21ClN4. The highest BCUT2D eigenvalue weighted by molar-refractivity contribution is 6.29. The molecule has 3 N–H and O–H groups in total. The highest BCUT2D eigenvalue weighted by Crippen LogP contribution is 2.34. The average molecular weight is 317 g/mol. The van der Waals surface area contributed by atoms with Gasteiger partial charge >= 0.3 is 0 Å². The van der Waals surface area contributed by atoms with Gasteiger partial charge in [0.15, 0.2) is 0 Å². The number of aromatic nitrogens is 1. The molecule has 3 aliphatic rings. The topological polar surface area (TPSA) is 52.2 Å². The Morgan fingerprint density at radius 3 is 2.86 bits per heavy atom. The van der Waals surface area contributed by atoms with Crippen molar-refractivity contribution in [3.63, 3.8) is 0 Å². The number of H-pyrrole nitrogens is 1. The van der Waals surface area contributed by atoms with Gasteiger partial charge in [-0.3, -0.25) is 4.99 Å². The lowest BCUT2D eigenvalue weighted by Gasteiger charge is -2.30. The maximum atomic E-state index is 6.05. The van der Waals surface area contributed by atoms with Gasteiger partial charge in [0.2, 0.25) is 0 Å². The second-order valence-corrected chi connectivity index (χ2v) is 6.65. The smallest absolute Gasteiger partial charge is 0.106 e. The SMILES string of the molecule is Clc1ccc(C2C=C(NC3CCNCC3)C3=NCC=C3C2)[nH]1. The van der Waals surface area contributed by atoms with E-state index in [9.17, 15) is 0 Å². The molecular weight excluding hydrogens is 296 g/mol. The predicted octanol–water partition coefficient (Wildman–Crippen LogP) is 2.76. The number of hydrogen-bond acceptors (Lipinski definition) is 3. The van der Waals surface area contributed by atoms with Gasteiger partial charge in [-0.1, -0.05) is 17.7 Å². The molecule has 1 saturated heterocycles. The first-order chi connectivity index (χ1) is 10.8. The van der Waals surface area contributed by atoms with Crippen molar-refractivity contribution in [1.82, 2.24) is 15.6 Å². The van der Waals surface area contributed by atoms with Gasteiger partial charge in [-0.2, -0.15) is 0 Å². The van der Waals surface area contributed by atoms with Crippen LogP contribution in [0.15, 0.2) is 40.5 Å². The highest BCUT2D eigenvalue weighted by Gasteiger charge is 2.28. The number of nitrogens with one attached hydrogen (secondary N) is 3. The average Bonchev–Trinajstić information content (AvgIpc) is 3.17. The first-order valence-electron chi connectivity index (χ1n) is 8.07. The van der Waals surface area contributed by atoms with Gasteiger partial charge in [0.1, 0.15) is 5.15 Å². The number of nitrogens with zero attached hydrogens (tertiary/aromatic N) is 1. The lowest BCUT2D eigenvalue weighted by Crippen LogP contribution is -2.41. The fourth-order valence-electron chi connectivity index (χ4n) is 3.56.